The minimum atomic E-state index is -0.334. The molecule has 2 atom stereocenters. The second kappa shape index (κ2) is 9.69. The number of hydrogen-bond donors (Lipinski definition) is 1. The van der Waals surface area contributed by atoms with Crippen molar-refractivity contribution in [1.29, 1.82) is 0 Å². The first-order valence-electron chi connectivity index (χ1n) is 10.9. The number of amides is 2. The maximum Gasteiger partial charge on any atom is 0.254 e. The SMILES string of the molecule is COc1cccc(C2CN(C(=O)c3ccccc3C)CC2C(=O)NCc2ccccc2)c1. The lowest BCUT2D eigenvalue weighted by molar-refractivity contribution is -0.125. The molecule has 164 valence electrons. The molecule has 1 N–H and O–H groups in total. The number of rotatable bonds is 6. The van der Waals surface area contributed by atoms with E-state index in [0.29, 0.717) is 25.2 Å². The number of benzene rings is 3. The van der Waals surface area contributed by atoms with Gasteiger partial charge >= 0.3 is 0 Å². The van der Waals surface area contributed by atoms with Gasteiger partial charge in [-0.2, -0.15) is 0 Å². The first-order chi connectivity index (χ1) is 15.6. The molecule has 0 radical (unpaired) electrons. The van der Waals surface area contributed by atoms with Gasteiger partial charge in [-0.05, 0) is 41.8 Å². The van der Waals surface area contributed by atoms with E-state index in [-0.39, 0.29) is 23.7 Å². The van der Waals surface area contributed by atoms with Gasteiger partial charge in [0, 0.05) is 31.1 Å². The molecule has 0 bridgehead atoms. The highest BCUT2D eigenvalue weighted by atomic mass is 16.5. The van der Waals surface area contributed by atoms with Crippen molar-refractivity contribution in [3.8, 4) is 5.75 Å². The number of carbonyl (C=O) groups is 2. The lowest BCUT2D eigenvalue weighted by atomic mass is 9.88. The van der Waals surface area contributed by atoms with Crippen molar-refractivity contribution in [3.05, 3.63) is 101 Å². The second-order valence-electron chi connectivity index (χ2n) is 8.22. The molecule has 3 aromatic carbocycles. The first-order valence-corrected chi connectivity index (χ1v) is 10.9. The van der Waals surface area contributed by atoms with E-state index in [0.717, 1.165) is 22.4 Å². The van der Waals surface area contributed by atoms with Gasteiger partial charge in [-0.3, -0.25) is 9.59 Å². The summed E-state index contributed by atoms with van der Waals surface area (Å²) in [4.78, 5) is 28.3. The van der Waals surface area contributed by atoms with Crippen molar-refractivity contribution < 1.29 is 14.3 Å². The summed E-state index contributed by atoms with van der Waals surface area (Å²) in [6.07, 6.45) is 0. The number of methoxy groups -OCH3 is 1. The summed E-state index contributed by atoms with van der Waals surface area (Å²) in [5.41, 5.74) is 3.67. The molecule has 3 aromatic rings. The van der Waals surface area contributed by atoms with Gasteiger partial charge < -0.3 is 15.0 Å². The highest BCUT2D eigenvalue weighted by Crippen LogP contribution is 2.35. The van der Waals surface area contributed by atoms with Crippen LogP contribution < -0.4 is 10.1 Å². The molecule has 1 aliphatic rings. The molecule has 0 aromatic heterocycles. The summed E-state index contributed by atoms with van der Waals surface area (Å²) in [5.74, 6) is 0.235. The Morgan fingerprint density at radius 2 is 1.72 bits per heavy atom. The zero-order valence-electron chi connectivity index (χ0n) is 18.5. The van der Waals surface area contributed by atoms with Gasteiger partial charge in [0.1, 0.15) is 5.75 Å². The minimum Gasteiger partial charge on any atom is -0.497 e. The monoisotopic (exact) mass is 428 g/mol. The van der Waals surface area contributed by atoms with Crippen molar-refractivity contribution in [2.75, 3.05) is 20.2 Å². The zero-order chi connectivity index (χ0) is 22.5. The van der Waals surface area contributed by atoms with E-state index in [4.69, 9.17) is 4.74 Å². The maximum atomic E-state index is 13.3. The molecule has 4 rings (SSSR count). The smallest absolute Gasteiger partial charge is 0.254 e. The van der Waals surface area contributed by atoms with Crippen LogP contribution in [0.25, 0.3) is 0 Å². The number of ether oxygens (including phenoxy) is 1. The molecule has 0 spiro atoms. The van der Waals surface area contributed by atoms with Crippen LogP contribution >= 0.6 is 0 Å². The molecule has 1 aliphatic heterocycles. The lowest BCUT2D eigenvalue weighted by Crippen LogP contribution is -2.35. The van der Waals surface area contributed by atoms with Crippen LogP contribution in [0.4, 0.5) is 0 Å². The Bertz CT molecular complexity index is 1100. The molecule has 32 heavy (non-hydrogen) atoms. The molecule has 0 saturated carbocycles. The van der Waals surface area contributed by atoms with Crippen molar-refractivity contribution in [1.82, 2.24) is 10.2 Å². The Balaban J connectivity index is 1.58. The molecule has 2 amide bonds. The van der Waals surface area contributed by atoms with Gasteiger partial charge in [0.15, 0.2) is 0 Å². The third-order valence-corrected chi connectivity index (χ3v) is 6.15. The van der Waals surface area contributed by atoms with Crippen molar-refractivity contribution in [2.24, 2.45) is 5.92 Å². The fourth-order valence-corrected chi connectivity index (χ4v) is 4.34. The number of carbonyl (C=O) groups excluding carboxylic acids is 2. The average molecular weight is 429 g/mol. The zero-order valence-corrected chi connectivity index (χ0v) is 18.5. The van der Waals surface area contributed by atoms with Crippen molar-refractivity contribution >= 4 is 11.8 Å². The average Bonchev–Trinajstić information content (AvgIpc) is 3.29. The van der Waals surface area contributed by atoms with Crippen LogP contribution in [-0.2, 0) is 11.3 Å². The van der Waals surface area contributed by atoms with Crippen LogP contribution in [0, 0.1) is 12.8 Å². The second-order valence-corrected chi connectivity index (χ2v) is 8.22. The summed E-state index contributed by atoms with van der Waals surface area (Å²) in [7, 11) is 1.63. The molecule has 5 heteroatoms. The fraction of sp³-hybridized carbons (Fsp3) is 0.259. The Kier molecular flexibility index (Phi) is 6.55. The van der Waals surface area contributed by atoms with Crippen molar-refractivity contribution in [3.63, 3.8) is 0 Å². The van der Waals surface area contributed by atoms with E-state index in [1.165, 1.54) is 0 Å². The molecule has 1 saturated heterocycles. The quantitative estimate of drug-likeness (QED) is 0.641. The largest absolute Gasteiger partial charge is 0.497 e. The minimum absolute atomic E-state index is 0.0330. The predicted octanol–water partition coefficient (Wildman–Crippen LogP) is 4.18. The number of nitrogens with zero attached hydrogens (tertiary/aromatic N) is 1. The van der Waals surface area contributed by atoms with Crippen LogP contribution in [0.5, 0.6) is 5.75 Å². The van der Waals surface area contributed by atoms with Gasteiger partial charge in [-0.25, -0.2) is 0 Å². The highest BCUT2D eigenvalue weighted by Gasteiger charge is 2.40. The molecule has 0 aliphatic carbocycles. The number of aryl methyl sites for hydroxylation is 1. The van der Waals surface area contributed by atoms with Crippen LogP contribution in [-0.4, -0.2) is 36.9 Å². The van der Waals surface area contributed by atoms with Gasteiger partial charge in [0.05, 0.1) is 13.0 Å². The molecule has 1 fully saturated rings. The Morgan fingerprint density at radius 1 is 0.969 bits per heavy atom. The topological polar surface area (TPSA) is 58.6 Å². The Hall–Kier alpha value is -3.60. The van der Waals surface area contributed by atoms with Crippen LogP contribution in [0.1, 0.15) is 33.0 Å². The first kappa shape index (κ1) is 21.6. The van der Waals surface area contributed by atoms with Crippen LogP contribution in [0.3, 0.4) is 0 Å². The van der Waals surface area contributed by atoms with E-state index < -0.39 is 0 Å². The van der Waals surface area contributed by atoms with Gasteiger partial charge in [0.2, 0.25) is 5.91 Å². The normalized spacial score (nSPS) is 17.8. The number of nitrogens with one attached hydrogen (secondary N) is 1. The predicted molar refractivity (Wildman–Crippen MR) is 125 cm³/mol. The van der Waals surface area contributed by atoms with Crippen molar-refractivity contribution in [2.45, 2.75) is 19.4 Å². The number of likely N-dealkylation sites (tertiary alicyclic amines) is 1. The third kappa shape index (κ3) is 4.67. The Labute approximate surface area is 189 Å². The fourth-order valence-electron chi connectivity index (χ4n) is 4.34. The van der Waals surface area contributed by atoms with Crippen LogP contribution in [0.15, 0.2) is 78.9 Å². The van der Waals surface area contributed by atoms with E-state index >= 15 is 0 Å². The summed E-state index contributed by atoms with van der Waals surface area (Å²) in [6, 6.07) is 25.2. The maximum absolute atomic E-state index is 13.3. The summed E-state index contributed by atoms with van der Waals surface area (Å²) < 4.78 is 5.39. The van der Waals surface area contributed by atoms with E-state index in [1.54, 1.807) is 12.0 Å². The summed E-state index contributed by atoms with van der Waals surface area (Å²) in [6.45, 7) is 3.28. The van der Waals surface area contributed by atoms with Crippen LogP contribution in [0.2, 0.25) is 0 Å². The van der Waals surface area contributed by atoms with Gasteiger partial charge in [-0.1, -0.05) is 60.7 Å². The van der Waals surface area contributed by atoms with E-state index in [1.807, 2.05) is 85.8 Å². The van der Waals surface area contributed by atoms with Gasteiger partial charge in [0.25, 0.3) is 5.91 Å². The lowest BCUT2D eigenvalue weighted by Gasteiger charge is -2.19. The summed E-state index contributed by atoms with van der Waals surface area (Å²) in [5, 5.41) is 3.07. The van der Waals surface area contributed by atoms with Gasteiger partial charge in [-0.15, -0.1) is 0 Å². The highest BCUT2D eigenvalue weighted by molar-refractivity contribution is 5.96. The Morgan fingerprint density at radius 3 is 2.47 bits per heavy atom. The number of hydrogen-bond acceptors (Lipinski definition) is 3. The summed E-state index contributed by atoms with van der Waals surface area (Å²) >= 11 is 0. The third-order valence-electron chi connectivity index (χ3n) is 6.15. The molecule has 1 heterocycles. The molecule has 5 nitrogen and oxygen atoms in total. The molecule has 2 unspecified atom stereocenters. The molecular formula is C27H28N2O3. The molecular weight excluding hydrogens is 400 g/mol. The van der Waals surface area contributed by atoms with E-state index in [2.05, 4.69) is 5.32 Å². The van der Waals surface area contributed by atoms with E-state index in [9.17, 15) is 9.59 Å². The standard InChI is InChI=1S/C27H28N2O3/c1-19-9-6-7-14-23(19)27(31)29-17-24(21-12-8-13-22(15-21)32-2)25(18-29)26(30)28-16-20-10-4-3-5-11-20/h3-15,24-25H,16-18H2,1-2H3,(H,28,30).